The molecule has 0 N–H and O–H groups in total. The minimum absolute atomic E-state index is 1.23. The third-order valence-electron chi connectivity index (χ3n) is 10.4. The minimum Gasteiger partial charge on any atom is -0.0620 e. The second kappa shape index (κ2) is 13.2. The molecule has 7 rings (SSSR count). The molecule has 7 aromatic rings. The van der Waals surface area contributed by atoms with Crippen LogP contribution in [-0.4, -0.2) is 0 Å². The molecule has 0 fully saturated rings. The monoisotopic (exact) mass is 632 g/mol. The summed E-state index contributed by atoms with van der Waals surface area (Å²) >= 11 is 0. The molecule has 0 radical (unpaired) electrons. The van der Waals surface area contributed by atoms with Gasteiger partial charge in [-0.15, -0.1) is 0 Å². The van der Waals surface area contributed by atoms with Crippen LogP contribution in [0.4, 0.5) is 0 Å². The first-order valence-electron chi connectivity index (χ1n) is 17.4. The van der Waals surface area contributed by atoms with Gasteiger partial charge in [0.25, 0.3) is 0 Å². The lowest BCUT2D eigenvalue weighted by molar-refractivity contribution is 1.33. The maximum atomic E-state index is 2.40. The Labute approximate surface area is 292 Å². The normalized spacial score (nSPS) is 11.2. The first-order valence-corrected chi connectivity index (χ1v) is 17.4. The van der Waals surface area contributed by atoms with Crippen LogP contribution in [0.1, 0.15) is 38.9 Å². The van der Waals surface area contributed by atoms with E-state index in [-0.39, 0.29) is 0 Å². The summed E-state index contributed by atoms with van der Waals surface area (Å²) < 4.78 is 0. The average molecular weight is 633 g/mol. The zero-order valence-corrected chi connectivity index (χ0v) is 29.8. The molecule has 0 heterocycles. The molecule has 0 spiro atoms. The third-order valence-corrected chi connectivity index (χ3v) is 10.4. The largest absolute Gasteiger partial charge is 0.0620 e. The number of aryl methyl sites for hydroxylation is 6. The molecule has 0 unspecified atom stereocenters. The van der Waals surface area contributed by atoms with Crippen molar-refractivity contribution in [3.63, 3.8) is 0 Å². The van der Waals surface area contributed by atoms with Crippen LogP contribution in [0, 0.1) is 48.5 Å². The summed E-state index contributed by atoms with van der Waals surface area (Å²) in [7, 11) is 0. The van der Waals surface area contributed by atoms with Crippen molar-refractivity contribution in [3.8, 4) is 66.8 Å². The molecule has 0 heteroatoms. The molecule has 0 nitrogen and oxygen atoms in total. The Balaban J connectivity index is 1.34. The molecule has 0 aliphatic heterocycles. The van der Waals surface area contributed by atoms with Gasteiger partial charge in [0.05, 0.1) is 0 Å². The Morgan fingerprint density at radius 3 is 1.00 bits per heavy atom. The zero-order chi connectivity index (χ0) is 34.2. The molecule has 0 aliphatic rings. The number of hydrogen-bond donors (Lipinski definition) is 0. The van der Waals surface area contributed by atoms with E-state index in [1.54, 1.807) is 0 Å². The number of hydrogen-bond acceptors (Lipinski definition) is 0. The molecule has 0 atom stereocenters. The Hall–Kier alpha value is -5.46. The van der Waals surface area contributed by atoms with Crippen LogP contribution >= 0.6 is 0 Å². The van der Waals surface area contributed by atoms with Crippen LogP contribution < -0.4 is 0 Å². The SMILES string of the molecule is Cc1ccccc1-c1cc(-c2ccc(C)c(-c3ccccc3-c3cc(-c4ccc(C)c(-c5ccccc5C)c4)cc(C)c3C)c2)ccc1C. The van der Waals surface area contributed by atoms with Gasteiger partial charge in [-0.05, 0) is 178 Å². The van der Waals surface area contributed by atoms with E-state index in [1.807, 2.05) is 0 Å². The first kappa shape index (κ1) is 32.1. The lowest BCUT2D eigenvalue weighted by Crippen LogP contribution is -1.95. The third kappa shape index (κ3) is 6.16. The van der Waals surface area contributed by atoms with Crippen molar-refractivity contribution in [1.82, 2.24) is 0 Å². The minimum atomic E-state index is 1.23. The van der Waals surface area contributed by atoms with Crippen molar-refractivity contribution in [2.75, 3.05) is 0 Å². The maximum Gasteiger partial charge on any atom is -0.0102 e. The number of rotatable bonds is 6. The summed E-state index contributed by atoms with van der Waals surface area (Å²) in [5.41, 5.74) is 24.3. The van der Waals surface area contributed by atoms with E-state index >= 15 is 0 Å². The lowest BCUT2D eigenvalue weighted by atomic mass is 9.85. The fraction of sp³-hybridized carbons (Fsp3) is 0.143. The van der Waals surface area contributed by atoms with Gasteiger partial charge in [-0.25, -0.2) is 0 Å². The first-order chi connectivity index (χ1) is 23.7. The summed E-state index contributed by atoms with van der Waals surface area (Å²) in [6, 6.07) is 51.8. The van der Waals surface area contributed by atoms with E-state index in [0.29, 0.717) is 0 Å². The summed E-state index contributed by atoms with van der Waals surface area (Å²) in [5.74, 6) is 0. The second-order valence-corrected chi connectivity index (χ2v) is 13.7. The van der Waals surface area contributed by atoms with E-state index in [1.165, 1.54) is 106 Å². The molecular formula is C49H44. The quantitative estimate of drug-likeness (QED) is 0.171. The summed E-state index contributed by atoms with van der Waals surface area (Å²) in [6.07, 6.45) is 0. The zero-order valence-electron chi connectivity index (χ0n) is 29.8. The highest BCUT2D eigenvalue weighted by molar-refractivity contribution is 5.90. The van der Waals surface area contributed by atoms with Gasteiger partial charge < -0.3 is 0 Å². The Morgan fingerprint density at radius 2 is 0.551 bits per heavy atom. The predicted octanol–water partition coefficient (Wildman–Crippen LogP) is 13.8. The highest BCUT2D eigenvalue weighted by Crippen LogP contribution is 2.41. The van der Waals surface area contributed by atoms with Gasteiger partial charge in [-0.2, -0.15) is 0 Å². The van der Waals surface area contributed by atoms with E-state index in [9.17, 15) is 0 Å². The van der Waals surface area contributed by atoms with Crippen molar-refractivity contribution >= 4 is 0 Å². The summed E-state index contributed by atoms with van der Waals surface area (Å²) in [6.45, 7) is 15.6. The fourth-order valence-electron chi connectivity index (χ4n) is 7.28. The van der Waals surface area contributed by atoms with E-state index < -0.39 is 0 Å². The Bertz CT molecular complexity index is 2350. The van der Waals surface area contributed by atoms with Gasteiger partial charge >= 0.3 is 0 Å². The molecule has 0 saturated heterocycles. The van der Waals surface area contributed by atoms with Gasteiger partial charge in [-0.1, -0.05) is 115 Å². The van der Waals surface area contributed by atoms with Gasteiger partial charge in [-0.3, -0.25) is 0 Å². The Morgan fingerprint density at radius 1 is 0.224 bits per heavy atom. The molecule has 0 aliphatic carbocycles. The van der Waals surface area contributed by atoms with Crippen molar-refractivity contribution in [1.29, 1.82) is 0 Å². The molecule has 0 aromatic heterocycles. The van der Waals surface area contributed by atoms with Crippen LogP contribution in [0.15, 0.2) is 140 Å². The van der Waals surface area contributed by atoms with Crippen LogP contribution in [0.3, 0.4) is 0 Å². The van der Waals surface area contributed by atoms with Gasteiger partial charge in [0.1, 0.15) is 0 Å². The van der Waals surface area contributed by atoms with E-state index in [4.69, 9.17) is 0 Å². The highest BCUT2D eigenvalue weighted by atomic mass is 14.2. The van der Waals surface area contributed by atoms with Crippen LogP contribution in [0.25, 0.3) is 66.8 Å². The molecule has 0 amide bonds. The predicted molar refractivity (Wildman–Crippen MR) is 212 cm³/mol. The molecule has 0 saturated carbocycles. The van der Waals surface area contributed by atoms with E-state index in [2.05, 4.69) is 188 Å². The van der Waals surface area contributed by atoms with Crippen LogP contribution in [0.5, 0.6) is 0 Å². The van der Waals surface area contributed by atoms with Gasteiger partial charge in [0, 0.05) is 0 Å². The average Bonchev–Trinajstić information content (AvgIpc) is 3.11. The Kier molecular flexibility index (Phi) is 8.66. The molecule has 240 valence electrons. The summed E-state index contributed by atoms with van der Waals surface area (Å²) in [4.78, 5) is 0. The lowest BCUT2D eigenvalue weighted by Gasteiger charge is -2.19. The molecule has 0 bridgehead atoms. The van der Waals surface area contributed by atoms with E-state index in [0.717, 1.165) is 0 Å². The molecule has 49 heavy (non-hydrogen) atoms. The van der Waals surface area contributed by atoms with Crippen molar-refractivity contribution in [2.24, 2.45) is 0 Å². The topological polar surface area (TPSA) is 0 Å². The standard InChI is InChI=1S/C49H44/c1-31-14-8-10-16-42(31)46-27-38(23-20-33(46)3)39-24-21-35(5)48(28-39)44-18-12-13-19-45(44)49-30-41(26-36(6)37(49)7)40-25-22-34(4)47(29-40)43-17-11-9-15-32(43)2/h8-30H,1-7H3. The van der Waals surface area contributed by atoms with Crippen LogP contribution in [-0.2, 0) is 0 Å². The fourth-order valence-corrected chi connectivity index (χ4v) is 7.28. The smallest absolute Gasteiger partial charge is 0.0102 e. The van der Waals surface area contributed by atoms with Crippen LogP contribution in [0.2, 0.25) is 0 Å². The van der Waals surface area contributed by atoms with Crippen molar-refractivity contribution in [3.05, 3.63) is 178 Å². The van der Waals surface area contributed by atoms with Gasteiger partial charge in [0.15, 0.2) is 0 Å². The second-order valence-electron chi connectivity index (χ2n) is 13.7. The maximum absolute atomic E-state index is 2.40. The summed E-state index contributed by atoms with van der Waals surface area (Å²) in [5, 5.41) is 0. The highest BCUT2D eigenvalue weighted by Gasteiger charge is 2.16. The number of benzene rings is 7. The van der Waals surface area contributed by atoms with Crippen molar-refractivity contribution < 1.29 is 0 Å². The molecule has 7 aromatic carbocycles. The van der Waals surface area contributed by atoms with Crippen molar-refractivity contribution in [2.45, 2.75) is 48.5 Å². The molecular weight excluding hydrogens is 589 g/mol. The van der Waals surface area contributed by atoms with Gasteiger partial charge in [0.2, 0.25) is 0 Å².